The summed E-state index contributed by atoms with van der Waals surface area (Å²) >= 11 is 0. The quantitative estimate of drug-likeness (QED) is 0.314. The van der Waals surface area contributed by atoms with Gasteiger partial charge in [-0.1, -0.05) is 0 Å². The van der Waals surface area contributed by atoms with Gasteiger partial charge in [-0.3, -0.25) is 0 Å². The van der Waals surface area contributed by atoms with Gasteiger partial charge in [-0.25, -0.2) is 4.79 Å². The molecule has 0 aromatic carbocycles. The van der Waals surface area contributed by atoms with Gasteiger partial charge in [0, 0.05) is 0 Å². The Kier molecular flexibility index (Phi) is 6.04. The molecule has 0 saturated carbocycles. The minimum Gasteiger partial charge on any atom is -0.485 e. The van der Waals surface area contributed by atoms with Crippen molar-refractivity contribution in [3.05, 3.63) is 12.3 Å². The van der Waals surface area contributed by atoms with Crippen LogP contribution in [0.2, 0.25) is 0 Å². The van der Waals surface area contributed by atoms with E-state index in [0.29, 0.717) is 0 Å². The molecule has 5 nitrogen and oxygen atoms in total. The molecular weight excluding hydrogens is 164 g/mol. The Bertz CT molecular complexity index is 154. The summed E-state index contributed by atoms with van der Waals surface area (Å²) in [6.45, 7) is 3.69. The van der Waals surface area contributed by atoms with Crippen molar-refractivity contribution in [2.45, 2.75) is 0 Å². The normalized spacial score (nSPS) is 9.42. The fraction of sp³-hybridized carbons (Fsp3) is 0.571. The molecule has 12 heavy (non-hydrogen) atoms. The maximum absolute atomic E-state index is 10.1. The standard InChI is InChI=1S/C7H12O5/c1-6(7(9)10)12-5-4-11-3-2-8/h8H,1-5H2,(H,9,10). The fourth-order valence-electron chi connectivity index (χ4n) is 0.452. The summed E-state index contributed by atoms with van der Waals surface area (Å²) in [4.78, 5) is 10.1. The predicted molar refractivity (Wildman–Crippen MR) is 40.6 cm³/mol. The van der Waals surface area contributed by atoms with Gasteiger partial charge >= 0.3 is 5.97 Å². The number of carboxylic acid groups (broad SMARTS) is 1. The van der Waals surface area contributed by atoms with Crippen LogP contribution in [-0.4, -0.2) is 42.6 Å². The van der Waals surface area contributed by atoms with Gasteiger partial charge < -0.3 is 19.7 Å². The highest BCUT2D eigenvalue weighted by atomic mass is 16.5. The molecular formula is C7H12O5. The molecule has 2 N–H and O–H groups in total. The third-order valence-corrected chi connectivity index (χ3v) is 0.978. The van der Waals surface area contributed by atoms with Crippen molar-refractivity contribution in [3.8, 4) is 0 Å². The molecule has 0 radical (unpaired) electrons. The lowest BCUT2D eigenvalue weighted by atomic mass is 10.6. The summed E-state index contributed by atoms with van der Waals surface area (Å²) in [5.74, 6) is -1.49. The van der Waals surface area contributed by atoms with Crippen LogP contribution in [0.25, 0.3) is 0 Å². The lowest BCUT2D eigenvalue weighted by Crippen LogP contribution is -2.10. The number of carboxylic acids is 1. The molecule has 0 aliphatic carbocycles. The Morgan fingerprint density at radius 2 is 2.00 bits per heavy atom. The van der Waals surface area contributed by atoms with E-state index in [4.69, 9.17) is 14.9 Å². The molecule has 0 fully saturated rings. The van der Waals surface area contributed by atoms with Crippen LogP contribution < -0.4 is 0 Å². The molecule has 0 aromatic heterocycles. The third-order valence-electron chi connectivity index (χ3n) is 0.978. The number of hydrogen-bond acceptors (Lipinski definition) is 4. The van der Waals surface area contributed by atoms with Gasteiger partial charge in [0.25, 0.3) is 0 Å². The van der Waals surface area contributed by atoms with E-state index < -0.39 is 5.97 Å². The topological polar surface area (TPSA) is 76.0 Å². The summed E-state index contributed by atoms with van der Waals surface area (Å²) in [5, 5.41) is 16.6. The van der Waals surface area contributed by atoms with E-state index >= 15 is 0 Å². The van der Waals surface area contributed by atoms with Crippen molar-refractivity contribution in [2.75, 3.05) is 26.4 Å². The first kappa shape index (κ1) is 10.9. The van der Waals surface area contributed by atoms with Crippen LogP contribution in [-0.2, 0) is 14.3 Å². The van der Waals surface area contributed by atoms with E-state index in [-0.39, 0.29) is 32.2 Å². The lowest BCUT2D eigenvalue weighted by Gasteiger charge is -2.04. The molecule has 0 unspecified atom stereocenters. The number of carbonyl (C=O) groups is 1. The largest absolute Gasteiger partial charge is 0.485 e. The Balaban J connectivity index is 3.20. The van der Waals surface area contributed by atoms with Gasteiger partial charge in [0.2, 0.25) is 0 Å². The second-order valence-electron chi connectivity index (χ2n) is 1.91. The molecule has 0 bridgehead atoms. The van der Waals surface area contributed by atoms with Crippen LogP contribution in [0, 0.1) is 0 Å². The summed E-state index contributed by atoms with van der Waals surface area (Å²) in [7, 11) is 0. The van der Waals surface area contributed by atoms with E-state index in [1.807, 2.05) is 0 Å². The molecule has 0 aliphatic heterocycles. The fourth-order valence-corrected chi connectivity index (χ4v) is 0.452. The van der Waals surface area contributed by atoms with Crippen LogP contribution in [0.4, 0.5) is 0 Å². The molecule has 70 valence electrons. The molecule has 0 atom stereocenters. The predicted octanol–water partition coefficient (Wildman–Crippen LogP) is -0.390. The average Bonchev–Trinajstić information content (AvgIpc) is 2.03. The Morgan fingerprint density at radius 3 is 2.50 bits per heavy atom. The summed E-state index contributed by atoms with van der Waals surface area (Å²) in [5.41, 5.74) is 0. The molecule has 0 aliphatic rings. The number of aliphatic carboxylic acids is 1. The summed E-state index contributed by atoms with van der Waals surface area (Å²) in [6.07, 6.45) is 0. The van der Waals surface area contributed by atoms with Crippen LogP contribution in [0.1, 0.15) is 0 Å². The zero-order valence-corrected chi connectivity index (χ0v) is 6.65. The SMILES string of the molecule is C=C(OCCOCCO)C(=O)O. The zero-order valence-electron chi connectivity index (χ0n) is 6.65. The molecule has 0 rings (SSSR count). The van der Waals surface area contributed by atoms with Crippen molar-refractivity contribution in [2.24, 2.45) is 0 Å². The molecule has 5 heteroatoms. The first-order chi connectivity index (χ1) is 5.68. The van der Waals surface area contributed by atoms with Gasteiger partial charge in [-0.15, -0.1) is 0 Å². The summed E-state index contributed by atoms with van der Waals surface area (Å²) < 4.78 is 9.45. The molecule has 0 saturated heterocycles. The highest BCUT2D eigenvalue weighted by Gasteiger charge is 2.03. The van der Waals surface area contributed by atoms with Crippen molar-refractivity contribution < 1.29 is 24.5 Å². The number of aliphatic hydroxyl groups excluding tert-OH is 1. The number of ether oxygens (including phenoxy) is 2. The van der Waals surface area contributed by atoms with Crippen LogP contribution >= 0.6 is 0 Å². The minimum absolute atomic E-state index is 0.0557. The van der Waals surface area contributed by atoms with E-state index in [1.165, 1.54) is 0 Å². The van der Waals surface area contributed by atoms with Crippen molar-refractivity contribution in [1.29, 1.82) is 0 Å². The smallest absolute Gasteiger partial charge is 0.370 e. The number of rotatable bonds is 7. The van der Waals surface area contributed by atoms with Crippen LogP contribution in [0.3, 0.4) is 0 Å². The Labute approximate surface area is 70.2 Å². The van der Waals surface area contributed by atoms with E-state index in [2.05, 4.69) is 11.3 Å². The molecule has 0 spiro atoms. The van der Waals surface area contributed by atoms with E-state index in [1.54, 1.807) is 0 Å². The molecule has 0 amide bonds. The van der Waals surface area contributed by atoms with Crippen molar-refractivity contribution in [1.82, 2.24) is 0 Å². The maximum Gasteiger partial charge on any atom is 0.370 e. The van der Waals surface area contributed by atoms with Crippen molar-refractivity contribution in [3.63, 3.8) is 0 Å². The minimum atomic E-state index is -1.18. The van der Waals surface area contributed by atoms with Gasteiger partial charge in [0.05, 0.1) is 19.8 Å². The Morgan fingerprint density at radius 1 is 1.33 bits per heavy atom. The third kappa shape index (κ3) is 5.70. The average molecular weight is 176 g/mol. The number of hydrogen-bond donors (Lipinski definition) is 2. The molecule has 0 aromatic rings. The van der Waals surface area contributed by atoms with Gasteiger partial charge in [0.15, 0.2) is 5.76 Å². The van der Waals surface area contributed by atoms with Crippen molar-refractivity contribution >= 4 is 5.97 Å². The Hall–Kier alpha value is -1.07. The van der Waals surface area contributed by atoms with E-state index in [0.717, 1.165) is 0 Å². The van der Waals surface area contributed by atoms with Gasteiger partial charge in [-0.05, 0) is 6.58 Å². The zero-order chi connectivity index (χ0) is 9.40. The highest BCUT2D eigenvalue weighted by Crippen LogP contribution is 1.92. The molecule has 0 heterocycles. The van der Waals surface area contributed by atoms with Gasteiger partial charge in [-0.2, -0.15) is 0 Å². The van der Waals surface area contributed by atoms with E-state index in [9.17, 15) is 4.79 Å². The van der Waals surface area contributed by atoms with Crippen LogP contribution in [0.15, 0.2) is 12.3 Å². The lowest BCUT2D eigenvalue weighted by molar-refractivity contribution is -0.136. The monoisotopic (exact) mass is 176 g/mol. The van der Waals surface area contributed by atoms with Crippen LogP contribution in [0.5, 0.6) is 0 Å². The van der Waals surface area contributed by atoms with Gasteiger partial charge in [0.1, 0.15) is 6.61 Å². The highest BCUT2D eigenvalue weighted by molar-refractivity contribution is 5.83. The summed E-state index contributed by atoms with van der Waals surface area (Å²) in [6, 6.07) is 0. The second kappa shape index (κ2) is 6.63. The first-order valence-electron chi connectivity index (χ1n) is 3.42. The maximum atomic E-state index is 10.1. The number of aliphatic hydroxyl groups is 1. The second-order valence-corrected chi connectivity index (χ2v) is 1.91. The first-order valence-corrected chi connectivity index (χ1v) is 3.42.